The topological polar surface area (TPSA) is 58.9 Å². The predicted molar refractivity (Wildman–Crippen MR) is 56.0 cm³/mol. The van der Waals surface area contributed by atoms with E-state index in [1.165, 1.54) is 0 Å². The molecule has 0 bridgehead atoms. The van der Waals surface area contributed by atoms with E-state index in [-0.39, 0.29) is 6.32 Å². The van der Waals surface area contributed by atoms with Crippen LogP contribution >= 0.6 is 0 Å². The summed E-state index contributed by atoms with van der Waals surface area (Å²) in [5, 5.41) is 16.5. The van der Waals surface area contributed by atoms with Crippen molar-refractivity contribution in [1.82, 2.24) is 0 Å². The summed E-state index contributed by atoms with van der Waals surface area (Å²) in [7, 11) is -1.23. The monoisotopic (exact) mass is 200 g/mol. The number of allylic oxidation sites excluding steroid dienone is 3. The molecule has 0 aromatic heterocycles. The highest BCUT2D eigenvalue weighted by Gasteiger charge is 1.99. The van der Waals surface area contributed by atoms with Crippen LogP contribution in [-0.2, 0) is 9.47 Å². The van der Waals surface area contributed by atoms with Crippen molar-refractivity contribution in [2.24, 2.45) is 0 Å². The fourth-order valence-electron chi connectivity index (χ4n) is 0.736. The maximum atomic E-state index is 8.25. The number of ether oxygens (including phenoxy) is 2. The van der Waals surface area contributed by atoms with Gasteiger partial charge in [-0.15, -0.1) is 0 Å². The van der Waals surface area contributed by atoms with Crippen LogP contribution in [0.1, 0.15) is 0 Å². The fourth-order valence-corrected chi connectivity index (χ4v) is 0.736. The zero-order chi connectivity index (χ0) is 10.6. The largest absolute Gasteiger partial charge is 0.455 e. The highest BCUT2D eigenvalue weighted by molar-refractivity contribution is 6.41. The Morgan fingerprint density at radius 1 is 1.14 bits per heavy atom. The van der Waals surface area contributed by atoms with Crippen LogP contribution < -0.4 is 0 Å². The summed E-state index contributed by atoms with van der Waals surface area (Å²) in [5.74, 6) is 0. The van der Waals surface area contributed by atoms with Crippen LogP contribution in [0.4, 0.5) is 0 Å². The molecule has 1 saturated heterocycles. The molecule has 2 N–H and O–H groups in total. The molecule has 1 rings (SSSR count). The molecular weight excluding hydrogens is 183 g/mol. The zero-order valence-electron chi connectivity index (χ0n) is 8.26. The first-order valence-corrected chi connectivity index (χ1v) is 4.56. The van der Waals surface area contributed by atoms with Gasteiger partial charge in [-0.3, -0.25) is 0 Å². The van der Waals surface area contributed by atoms with Gasteiger partial charge in [0.15, 0.2) is 0 Å². The summed E-state index contributed by atoms with van der Waals surface area (Å²) in [4.78, 5) is 0. The number of hydrogen-bond acceptors (Lipinski definition) is 4. The van der Waals surface area contributed by atoms with Gasteiger partial charge in [-0.25, -0.2) is 0 Å². The van der Waals surface area contributed by atoms with E-state index in [0.29, 0.717) is 0 Å². The van der Waals surface area contributed by atoms with Crippen molar-refractivity contribution >= 4 is 7.12 Å². The van der Waals surface area contributed by atoms with Gasteiger partial charge in [0.05, 0.1) is 26.4 Å². The van der Waals surface area contributed by atoms with Crippen molar-refractivity contribution in [2.75, 3.05) is 26.4 Å². The highest BCUT2D eigenvalue weighted by atomic mass is 16.6. The molecule has 1 fully saturated rings. The molecule has 0 aliphatic carbocycles. The lowest BCUT2D eigenvalue weighted by Crippen LogP contribution is -2.16. The third kappa shape index (κ3) is 11.4. The van der Waals surface area contributed by atoms with Crippen molar-refractivity contribution in [3.05, 3.63) is 24.8 Å². The van der Waals surface area contributed by atoms with Gasteiger partial charge in [-0.1, -0.05) is 24.8 Å². The standard InChI is InChI=1S/C5H9BO2.C4H8O2/c1-2-3-4-5-6(7)8;1-2-6-4-3-5-1/h2-4,7-8H,1,5H2;1-4H2. The molecule has 0 aromatic carbocycles. The molecule has 80 valence electrons. The van der Waals surface area contributed by atoms with Crippen LogP contribution in [0.2, 0.25) is 6.32 Å². The first-order chi connectivity index (χ1) is 6.77. The second kappa shape index (κ2) is 10.5. The van der Waals surface area contributed by atoms with Crippen molar-refractivity contribution < 1.29 is 19.5 Å². The van der Waals surface area contributed by atoms with Crippen LogP contribution in [0.5, 0.6) is 0 Å². The number of rotatable bonds is 3. The van der Waals surface area contributed by atoms with E-state index in [9.17, 15) is 0 Å². The molecule has 0 saturated carbocycles. The summed E-state index contributed by atoms with van der Waals surface area (Å²) in [6.07, 6.45) is 5.16. The Bertz CT molecular complexity index is 143. The lowest BCUT2D eigenvalue weighted by Gasteiger charge is -2.09. The average molecular weight is 200 g/mol. The molecule has 0 radical (unpaired) electrons. The zero-order valence-corrected chi connectivity index (χ0v) is 8.26. The van der Waals surface area contributed by atoms with Gasteiger partial charge in [0, 0.05) is 6.32 Å². The maximum absolute atomic E-state index is 8.25. The van der Waals surface area contributed by atoms with Gasteiger partial charge < -0.3 is 19.5 Å². The van der Waals surface area contributed by atoms with E-state index in [4.69, 9.17) is 19.5 Å². The van der Waals surface area contributed by atoms with E-state index in [1.807, 2.05) is 0 Å². The third-order valence-corrected chi connectivity index (χ3v) is 1.36. The summed E-state index contributed by atoms with van der Waals surface area (Å²) in [5.41, 5.74) is 0. The molecule has 0 aromatic rings. The molecule has 4 nitrogen and oxygen atoms in total. The Morgan fingerprint density at radius 3 is 1.93 bits per heavy atom. The Morgan fingerprint density at radius 2 is 1.64 bits per heavy atom. The number of hydrogen-bond donors (Lipinski definition) is 2. The van der Waals surface area contributed by atoms with Gasteiger partial charge in [0.1, 0.15) is 0 Å². The van der Waals surface area contributed by atoms with Crippen LogP contribution in [0.3, 0.4) is 0 Å². The second-order valence-corrected chi connectivity index (χ2v) is 2.60. The fraction of sp³-hybridized carbons (Fsp3) is 0.556. The van der Waals surface area contributed by atoms with Gasteiger partial charge >= 0.3 is 7.12 Å². The molecule has 0 amide bonds. The Hall–Kier alpha value is -0.615. The molecule has 0 atom stereocenters. The minimum absolute atomic E-state index is 0.270. The minimum atomic E-state index is -1.23. The van der Waals surface area contributed by atoms with Gasteiger partial charge in [0.25, 0.3) is 0 Å². The SMILES string of the molecule is C1COCCO1.C=CC=CCB(O)O. The quantitative estimate of drug-likeness (QED) is 0.505. The Kier molecular flexibility index (Phi) is 10.0. The molecule has 1 aliphatic heterocycles. The van der Waals surface area contributed by atoms with E-state index in [2.05, 4.69) is 6.58 Å². The molecule has 1 aliphatic rings. The third-order valence-electron chi connectivity index (χ3n) is 1.36. The molecule has 1 heterocycles. The Balaban J connectivity index is 0.000000249. The van der Waals surface area contributed by atoms with E-state index >= 15 is 0 Å². The lowest BCUT2D eigenvalue weighted by atomic mass is 9.86. The molecule has 0 unspecified atom stereocenters. The predicted octanol–water partition coefficient (Wildman–Crippen LogP) is 0.235. The molecular formula is C9H17BO4. The van der Waals surface area contributed by atoms with Crippen LogP contribution in [-0.4, -0.2) is 43.6 Å². The van der Waals surface area contributed by atoms with Crippen molar-refractivity contribution in [3.63, 3.8) is 0 Å². The van der Waals surface area contributed by atoms with Gasteiger partial charge in [0.2, 0.25) is 0 Å². The summed E-state index contributed by atoms with van der Waals surface area (Å²) >= 11 is 0. The van der Waals surface area contributed by atoms with E-state index in [1.54, 1.807) is 18.2 Å². The van der Waals surface area contributed by atoms with Crippen LogP contribution in [0.15, 0.2) is 24.8 Å². The minimum Gasteiger partial charge on any atom is -0.427 e. The molecule has 0 spiro atoms. The normalized spacial score (nSPS) is 15.9. The van der Waals surface area contributed by atoms with E-state index in [0.717, 1.165) is 26.4 Å². The molecule has 14 heavy (non-hydrogen) atoms. The Labute approximate surface area is 85.0 Å². The first kappa shape index (κ1) is 13.4. The highest BCUT2D eigenvalue weighted by Crippen LogP contribution is 1.85. The molecule has 5 heteroatoms. The summed E-state index contributed by atoms with van der Waals surface area (Å²) in [6.45, 7) is 6.52. The summed E-state index contributed by atoms with van der Waals surface area (Å²) in [6, 6.07) is 0. The van der Waals surface area contributed by atoms with Gasteiger partial charge in [-0.05, 0) is 0 Å². The van der Waals surface area contributed by atoms with E-state index < -0.39 is 7.12 Å². The summed E-state index contributed by atoms with van der Waals surface area (Å²) < 4.78 is 9.89. The van der Waals surface area contributed by atoms with Crippen LogP contribution in [0.25, 0.3) is 0 Å². The average Bonchev–Trinajstić information content (AvgIpc) is 2.21. The first-order valence-electron chi connectivity index (χ1n) is 4.56. The lowest BCUT2D eigenvalue weighted by molar-refractivity contribution is -0.0334. The maximum Gasteiger partial charge on any atom is 0.455 e. The van der Waals surface area contributed by atoms with Crippen molar-refractivity contribution in [1.29, 1.82) is 0 Å². The van der Waals surface area contributed by atoms with Crippen molar-refractivity contribution in [3.8, 4) is 0 Å². The smallest absolute Gasteiger partial charge is 0.427 e. The van der Waals surface area contributed by atoms with Crippen molar-refractivity contribution in [2.45, 2.75) is 6.32 Å². The van der Waals surface area contributed by atoms with Crippen LogP contribution in [0, 0.1) is 0 Å². The van der Waals surface area contributed by atoms with Gasteiger partial charge in [-0.2, -0.15) is 0 Å². The second-order valence-electron chi connectivity index (χ2n) is 2.60.